The summed E-state index contributed by atoms with van der Waals surface area (Å²) in [6.45, 7) is 6.50. The molecule has 2 aromatic heterocycles. The van der Waals surface area contributed by atoms with Crippen molar-refractivity contribution >= 4 is 23.2 Å². The zero-order valence-corrected chi connectivity index (χ0v) is 17.4. The van der Waals surface area contributed by atoms with E-state index in [9.17, 15) is 9.59 Å². The summed E-state index contributed by atoms with van der Waals surface area (Å²) in [7, 11) is 0. The molecule has 0 aliphatic carbocycles. The predicted octanol–water partition coefficient (Wildman–Crippen LogP) is 3.59. The van der Waals surface area contributed by atoms with Gasteiger partial charge in [0, 0.05) is 37.4 Å². The molecule has 0 radical (unpaired) electrons. The molecule has 0 unspecified atom stereocenters. The standard InChI is InChI=1S/C22H27N5O3/c1-22(2,3)30-21(29)27-13-16-7-5-4-6-15(16)12-25-20(28)26-14-17-8-10-23-19-18(17)9-11-24-19/h4-11H,12-14H2,1-3H3,(H,23,24)(H,27,29)(H2,25,26,28). The Morgan fingerprint density at radius 1 is 0.933 bits per heavy atom. The topological polar surface area (TPSA) is 108 Å². The van der Waals surface area contributed by atoms with Crippen LogP contribution in [0.15, 0.2) is 48.8 Å². The second-order valence-electron chi connectivity index (χ2n) is 7.87. The summed E-state index contributed by atoms with van der Waals surface area (Å²) in [5, 5.41) is 9.45. The number of H-pyrrole nitrogens is 1. The molecule has 1 aromatic carbocycles. The highest BCUT2D eigenvalue weighted by Gasteiger charge is 2.16. The monoisotopic (exact) mass is 409 g/mol. The van der Waals surface area contributed by atoms with Crippen LogP contribution in [0.25, 0.3) is 11.0 Å². The SMILES string of the molecule is CC(C)(C)OC(=O)NCc1ccccc1CNC(=O)NCc1ccnc2[nH]ccc12. The Hall–Kier alpha value is -3.55. The number of fused-ring (bicyclic) bond motifs is 1. The molecule has 0 saturated carbocycles. The summed E-state index contributed by atoms with van der Waals surface area (Å²) in [5.74, 6) is 0. The molecular weight excluding hydrogens is 382 g/mol. The number of nitrogens with one attached hydrogen (secondary N) is 4. The van der Waals surface area contributed by atoms with Crippen LogP contribution in [0.1, 0.15) is 37.5 Å². The third-order valence-corrected chi connectivity index (χ3v) is 4.37. The first kappa shape index (κ1) is 21.2. The highest BCUT2D eigenvalue weighted by molar-refractivity contribution is 5.80. The van der Waals surface area contributed by atoms with E-state index < -0.39 is 11.7 Å². The number of carbonyl (C=O) groups is 2. The van der Waals surface area contributed by atoms with Crippen LogP contribution in [0.3, 0.4) is 0 Å². The number of amides is 3. The number of nitrogens with zero attached hydrogens (tertiary/aromatic N) is 1. The predicted molar refractivity (Wildman–Crippen MR) is 115 cm³/mol. The van der Waals surface area contributed by atoms with Gasteiger partial charge >= 0.3 is 12.1 Å². The van der Waals surface area contributed by atoms with Crippen LogP contribution in [0.5, 0.6) is 0 Å². The van der Waals surface area contributed by atoms with Crippen molar-refractivity contribution in [3.05, 3.63) is 65.5 Å². The molecule has 4 N–H and O–H groups in total. The van der Waals surface area contributed by atoms with Crippen molar-refractivity contribution in [2.75, 3.05) is 0 Å². The molecular formula is C22H27N5O3. The molecule has 0 atom stereocenters. The van der Waals surface area contributed by atoms with E-state index in [0.29, 0.717) is 19.6 Å². The fraction of sp³-hybridized carbons (Fsp3) is 0.318. The lowest BCUT2D eigenvalue weighted by molar-refractivity contribution is 0.0523. The van der Waals surface area contributed by atoms with E-state index in [0.717, 1.165) is 27.7 Å². The van der Waals surface area contributed by atoms with Crippen LogP contribution >= 0.6 is 0 Å². The molecule has 0 saturated heterocycles. The van der Waals surface area contributed by atoms with Crippen molar-refractivity contribution < 1.29 is 14.3 Å². The molecule has 8 heteroatoms. The molecule has 0 fully saturated rings. The van der Waals surface area contributed by atoms with E-state index in [1.807, 2.05) is 63.4 Å². The number of alkyl carbamates (subject to hydrolysis) is 1. The Labute approximate surface area is 175 Å². The zero-order chi connectivity index (χ0) is 21.6. The number of aromatic nitrogens is 2. The van der Waals surface area contributed by atoms with Crippen molar-refractivity contribution in [3.8, 4) is 0 Å². The molecule has 30 heavy (non-hydrogen) atoms. The molecule has 158 valence electrons. The number of carbonyl (C=O) groups excluding carboxylic acids is 2. The van der Waals surface area contributed by atoms with Crippen molar-refractivity contribution in [2.45, 2.75) is 46.0 Å². The van der Waals surface area contributed by atoms with E-state index in [4.69, 9.17) is 4.74 Å². The van der Waals surface area contributed by atoms with Gasteiger partial charge in [-0.15, -0.1) is 0 Å². The van der Waals surface area contributed by atoms with Crippen LogP contribution in [-0.4, -0.2) is 27.7 Å². The zero-order valence-electron chi connectivity index (χ0n) is 17.4. The van der Waals surface area contributed by atoms with E-state index in [2.05, 4.69) is 25.9 Å². The lowest BCUT2D eigenvalue weighted by atomic mass is 10.1. The van der Waals surface area contributed by atoms with Crippen LogP contribution in [0.2, 0.25) is 0 Å². The fourth-order valence-corrected chi connectivity index (χ4v) is 2.97. The lowest BCUT2D eigenvalue weighted by Gasteiger charge is -2.20. The van der Waals surface area contributed by atoms with Crippen molar-refractivity contribution in [1.29, 1.82) is 0 Å². The first-order valence-corrected chi connectivity index (χ1v) is 9.78. The van der Waals surface area contributed by atoms with Gasteiger partial charge in [-0.1, -0.05) is 24.3 Å². The number of urea groups is 1. The van der Waals surface area contributed by atoms with Crippen LogP contribution < -0.4 is 16.0 Å². The highest BCUT2D eigenvalue weighted by atomic mass is 16.6. The summed E-state index contributed by atoms with van der Waals surface area (Å²) in [6.07, 6.45) is 3.06. The largest absolute Gasteiger partial charge is 0.444 e. The first-order chi connectivity index (χ1) is 14.3. The lowest BCUT2D eigenvalue weighted by Crippen LogP contribution is -2.35. The summed E-state index contributed by atoms with van der Waals surface area (Å²) in [5.41, 5.74) is 3.05. The average molecular weight is 409 g/mol. The van der Waals surface area contributed by atoms with Gasteiger partial charge in [0.25, 0.3) is 0 Å². The molecule has 0 aliphatic rings. The fourth-order valence-electron chi connectivity index (χ4n) is 2.97. The summed E-state index contributed by atoms with van der Waals surface area (Å²) < 4.78 is 5.26. The van der Waals surface area contributed by atoms with Gasteiger partial charge in [0.2, 0.25) is 0 Å². The Kier molecular flexibility index (Phi) is 6.56. The second-order valence-corrected chi connectivity index (χ2v) is 7.87. The summed E-state index contributed by atoms with van der Waals surface area (Å²) in [6, 6.07) is 11.2. The van der Waals surface area contributed by atoms with Gasteiger partial charge in [0.15, 0.2) is 0 Å². The van der Waals surface area contributed by atoms with Gasteiger partial charge in [0.1, 0.15) is 11.2 Å². The molecule has 3 amide bonds. The van der Waals surface area contributed by atoms with Crippen molar-refractivity contribution in [2.24, 2.45) is 0 Å². The second kappa shape index (κ2) is 9.30. The van der Waals surface area contributed by atoms with Gasteiger partial charge < -0.3 is 25.7 Å². The minimum atomic E-state index is -0.552. The molecule has 2 heterocycles. The van der Waals surface area contributed by atoms with E-state index in [1.165, 1.54) is 0 Å². The first-order valence-electron chi connectivity index (χ1n) is 9.78. The number of benzene rings is 1. The number of ether oxygens (including phenoxy) is 1. The van der Waals surface area contributed by atoms with Crippen molar-refractivity contribution in [3.63, 3.8) is 0 Å². The van der Waals surface area contributed by atoms with Gasteiger partial charge in [-0.2, -0.15) is 0 Å². The quantitative estimate of drug-likeness (QED) is 0.499. The smallest absolute Gasteiger partial charge is 0.407 e. The van der Waals surface area contributed by atoms with Gasteiger partial charge in [-0.25, -0.2) is 14.6 Å². The normalized spacial score (nSPS) is 11.2. The molecule has 3 rings (SSSR count). The Morgan fingerprint density at radius 3 is 2.23 bits per heavy atom. The molecule has 0 spiro atoms. The maximum atomic E-state index is 12.3. The van der Waals surface area contributed by atoms with E-state index in [1.54, 1.807) is 6.20 Å². The van der Waals surface area contributed by atoms with Gasteiger partial charge in [-0.3, -0.25) is 0 Å². The number of hydrogen-bond donors (Lipinski definition) is 4. The average Bonchev–Trinajstić information content (AvgIpc) is 3.18. The number of pyridine rings is 1. The molecule has 3 aromatic rings. The number of aromatic amines is 1. The molecule has 0 aliphatic heterocycles. The maximum Gasteiger partial charge on any atom is 0.407 e. The third kappa shape index (κ3) is 5.97. The summed E-state index contributed by atoms with van der Waals surface area (Å²) in [4.78, 5) is 31.4. The van der Waals surface area contributed by atoms with Gasteiger partial charge in [-0.05, 0) is 49.6 Å². The van der Waals surface area contributed by atoms with Gasteiger partial charge in [0.05, 0.1) is 0 Å². The molecule has 8 nitrogen and oxygen atoms in total. The highest BCUT2D eigenvalue weighted by Crippen LogP contribution is 2.14. The Morgan fingerprint density at radius 2 is 1.57 bits per heavy atom. The summed E-state index contributed by atoms with van der Waals surface area (Å²) >= 11 is 0. The minimum absolute atomic E-state index is 0.273. The Balaban J connectivity index is 1.51. The maximum absolute atomic E-state index is 12.3. The van der Waals surface area contributed by atoms with Crippen LogP contribution in [0, 0.1) is 0 Å². The van der Waals surface area contributed by atoms with Crippen molar-refractivity contribution in [1.82, 2.24) is 25.9 Å². The van der Waals surface area contributed by atoms with Crippen LogP contribution in [-0.2, 0) is 24.4 Å². The van der Waals surface area contributed by atoms with Crippen LogP contribution in [0.4, 0.5) is 9.59 Å². The third-order valence-electron chi connectivity index (χ3n) is 4.37. The van der Waals surface area contributed by atoms with E-state index in [-0.39, 0.29) is 6.03 Å². The van der Waals surface area contributed by atoms with E-state index >= 15 is 0 Å². The number of rotatable bonds is 6. The molecule has 0 bridgehead atoms. The minimum Gasteiger partial charge on any atom is -0.444 e. The number of hydrogen-bond acceptors (Lipinski definition) is 4. The Bertz CT molecular complexity index is 1020.